The van der Waals surface area contributed by atoms with Gasteiger partial charge >= 0.3 is 12.2 Å². The predicted molar refractivity (Wildman–Crippen MR) is 136 cm³/mol. The minimum absolute atomic E-state index is 0.0372. The van der Waals surface area contributed by atoms with Crippen LogP contribution in [0, 0.1) is 0 Å². The molecule has 3 rings (SSSR count). The predicted octanol–water partition coefficient (Wildman–Crippen LogP) is 5.44. The highest BCUT2D eigenvalue weighted by atomic mass is 28.4. The van der Waals surface area contributed by atoms with Crippen molar-refractivity contribution >= 4 is 26.2 Å². The molecule has 0 aliphatic carbocycles. The minimum atomic E-state index is -2.19. The number of rotatable bonds is 7. The molecule has 35 heavy (non-hydrogen) atoms. The van der Waals surface area contributed by atoms with Gasteiger partial charge < -0.3 is 23.4 Å². The normalized spacial score (nSPS) is 19.3. The van der Waals surface area contributed by atoms with E-state index in [1.54, 1.807) is 17.0 Å². The second kappa shape index (κ2) is 10.3. The molecule has 1 N–H and O–H groups in total. The Morgan fingerprint density at radius 1 is 1.11 bits per heavy atom. The maximum Gasteiger partial charge on any atom is 0.414 e. The summed E-state index contributed by atoms with van der Waals surface area (Å²) in [6, 6.07) is 5.22. The summed E-state index contributed by atoms with van der Waals surface area (Å²) in [5.74, 6) is 1.27. The van der Waals surface area contributed by atoms with E-state index in [1.165, 1.54) is 0 Å². The number of ether oxygens (including phenoxy) is 4. The third kappa shape index (κ3) is 7.04. The lowest BCUT2D eigenvalue weighted by molar-refractivity contribution is 0.0358. The number of cyclic esters (lactones) is 1. The fourth-order valence-electron chi connectivity index (χ4n) is 3.65. The number of carbonyl (C=O) groups excluding carboxylic acids is 2. The fraction of sp³-hybridized carbons (Fsp3) is 0.680. The van der Waals surface area contributed by atoms with Gasteiger partial charge in [0, 0.05) is 6.07 Å². The van der Waals surface area contributed by atoms with Crippen LogP contribution in [0.25, 0.3) is 0 Å². The summed E-state index contributed by atoms with van der Waals surface area (Å²) >= 11 is 0. The van der Waals surface area contributed by atoms with Crippen LogP contribution >= 0.6 is 0 Å². The highest BCUT2D eigenvalue weighted by molar-refractivity contribution is 6.74. The Bertz CT molecular complexity index is 923. The van der Waals surface area contributed by atoms with Crippen molar-refractivity contribution in [2.45, 2.75) is 90.4 Å². The van der Waals surface area contributed by atoms with Gasteiger partial charge in [0.1, 0.15) is 31.6 Å². The summed E-state index contributed by atoms with van der Waals surface area (Å²) in [7, 11) is -2.19. The Hall–Kier alpha value is -2.46. The van der Waals surface area contributed by atoms with Crippen LogP contribution in [0.1, 0.15) is 54.4 Å². The molecular weight excluding hydrogens is 468 g/mol. The number of nitrogens with zero attached hydrogens (tertiary/aromatic N) is 1. The molecule has 2 heterocycles. The van der Waals surface area contributed by atoms with Crippen molar-refractivity contribution in [3.05, 3.63) is 18.2 Å². The van der Waals surface area contributed by atoms with E-state index in [0.29, 0.717) is 43.2 Å². The van der Waals surface area contributed by atoms with E-state index < -0.39 is 32.3 Å². The lowest BCUT2D eigenvalue weighted by Gasteiger charge is -2.39. The molecule has 196 valence electrons. The zero-order valence-corrected chi connectivity index (χ0v) is 23.2. The number of carbonyl (C=O) groups is 2. The van der Waals surface area contributed by atoms with Crippen LogP contribution in [0.2, 0.25) is 18.1 Å². The van der Waals surface area contributed by atoms with Gasteiger partial charge in [0.15, 0.2) is 19.8 Å². The van der Waals surface area contributed by atoms with Gasteiger partial charge in [0.05, 0.1) is 11.7 Å². The fourth-order valence-corrected chi connectivity index (χ4v) is 4.89. The second-order valence-corrected chi connectivity index (χ2v) is 16.3. The molecule has 2 aliphatic heterocycles. The largest absolute Gasteiger partial charge is 0.486 e. The molecule has 2 atom stereocenters. The zero-order valence-electron chi connectivity index (χ0n) is 22.2. The van der Waals surface area contributed by atoms with E-state index in [9.17, 15) is 9.59 Å². The number of benzene rings is 1. The number of hydrogen-bond acceptors (Lipinski definition) is 7. The molecule has 9 nitrogen and oxygen atoms in total. The Morgan fingerprint density at radius 3 is 2.40 bits per heavy atom. The number of amides is 2. The molecule has 0 radical (unpaired) electrons. The molecule has 10 heteroatoms. The third-order valence-corrected chi connectivity index (χ3v) is 10.9. The van der Waals surface area contributed by atoms with Crippen LogP contribution in [0.3, 0.4) is 0 Å². The van der Waals surface area contributed by atoms with Gasteiger partial charge in [-0.3, -0.25) is 10.2 Å². The molecular formula is C25H40N2O7Si. The van der Waals surface area contributed by atoms with E-state index in [1.807, 2.05) is 26.8 Å². The van der Waals surface area contributed by atoms with E-state index in [2.05, 4.69) is 39.2 Å². The summed E-state index contributed by atoms with van der Waals surface area (Å²) < 4.78 is 28.7. The molecule has 0 spiro atoms. The highest BCUT2D eigenvalue weighted by Gasteiger charge is 2.41. The Labute approximate surface area is 209 Å². The van der Waals surface area contributed by atoms with Crippen LogP contribution in [0.4, 0.5) is 15.3 Å². The van der Waals surface area contributed by atoms with E-state index in [4.69, 9.17) is 23.4 Å². The number of alkyl carbamates (subject to hydrolysis) is 1. The topological polar surface area (TPSA) is 95.6 Å². The first-order valence-electron chi connectivity index (χ1n) is 12.2. The van der Waals surface area contributed by atoms with Crippen molar-refractivity contribution in [2.75, 3.05) is 24.7 Å². The molecule has 0 aromatic heterocycles. The average molecular weight is 509 g/mol. The Balaban J connectivity index is 1.74. The van der Waals surface area contributed by atoms with Gasteiger partial charge in [0.2, 0.25) is 0 Å². The van der Waals surface area contributed by atoms with Crippen LogP contribution in [-0.2, 0) is 13.9 Å². The van der Waals surface area contributed by atoms with E-state index in [-0.39, 0.29) is 17.7 Å². The number of fused-ring (bicyclic) bond motifs is 1. The van der Waals surface area contributed by atoms with Crippen molar-refractivity contribution in [2.24, 2.45) is 0 Å². The van der Waals surface area contributed by atoms with Gasteiger partial charge in [-0.05, 0) is 63.9 Å². The van der Waals surface area contributed by atoms with E-state index in [0.717, 1.165) is 0 Å². The standard InChI is InChI=1S/C25H40N2O7Si/c1-24(2,3)33-22(28)26-21(34-35(7,8)25(4,5)6)12-10-18-16-32-23(29)27(18)17-9-11-19-20(15-17)31-14-13-30-19/h9,11,15,18,21H,10,12-14,16H2,1-8H3,(H,26,28). The SMILES string of the molecule is CC(C)(C)OC(=O)NC(CCC1COC(=O)N1c1ccc2c(c1)OCCO2)O[Si](C)(C)C(C)(C)C. The first kappa shape index (κ1) is 27.1. The molecule has 1 fully saturated rings. The summed E-state index contributed by atoms with van der Waals surface area (Å²) in [5, 5.41) is 2.87. The summed E-state index contributed by atoms with van der Waals surface area (Å²) in [5.41, 5.74) is 0.0653. The molecule has 1 aromatic carbocycles. The van der Waals surface area contributed by atoms with Crippen LogP contribution in [-0.4, -0.2) is 58.2 Å². The Morgan fingerprint density at radius 2 is 1.77 bits per heavy atom. The first-order valence-corrected chi connectivity index (χ1v) is 15.1. The average Bonchev–Trinajstić information content (AvgIpc) is 3.09. The van der Waals surface area contributed by atoms with Gasteiger partial charge in [-0.25, -0.2) is 9.59 Å². The summed E-state index contributed by atoms with van der Waals surface area (Å²) in [6.45, 7) is 17.4. The van der Waals surface area contributed by atoms with Crippen LogP contribution < -0.4 is 19.7 Å². The van der Waals surface area contributed by atoms with Crippen LogP contribution in [0.5, 0.6) is 11.5 Å². The highest BCUT2D eigenvalue weighted by Crippen LogP contribution is 2.39. The van der Waals surface area contributed by atoms with Gasteiger partial charge in [-0.15, -0.1) is 0 Å². The molecule has 0 bridgehead atoms. The molecule has 1 saturated heterocycles. The molecule has 2 amide bonds. The maximum absolute atomic E-state index is 12.6. The van der Waals surface area contributed by atoms with Crippen molar-refractivity contribution in [1.82, 2.24) is 5.32 Å². The zero-order chi connectivity index (χ0) is 26.0. The monoisotopic (exact) mass is 508 g/mol. The summed E-state index contributed by atoms with van der Waals surface area (Å²) in [4.78, 5) is 26.8. The minimum Gasteiger partial charge on any atom is -0.486 e. The first-order chi connectivity index (χ1) is 16.2. The van der Waals surface area contributed by atoms with Gasteiger partial charge in [-0.2, -0.15) is 0 Å². The van der Waals surface area contributed by atoms with E-state index >= 15 is 0 Å². The number of anilines is 1. The van der Waals surface area contributed by atoms with Gasteiger partial charge in [0.25, 0.3) is 0 Å². The smallest absolute Gasteiger partial charge is 0.414 e. The lowest BCUT2D eigenvalue weighted by Crippen LogP contribution is -2.50. The second-order valence-electron chi connectivity index (χ2n) is 11.5. The summed E-state index contributed by atoms with van der Waals surface area (Å²) in [6.07, 6.45) is -0.426. The van der Waals surface area contributed by atoms with Crippen molar-refractivity contribution < 1.29 is 33.0 Å². The van der Waals surface area contributed by atoms with Crippen molar-refractivity contribution in [3.8, 4) is 11.5 Å². The number of hydrogen-bond donors (Lipinski definition) is 1. The third-order valence-electron chi connectivity index (χ3n) is 6.45. The molecule has 2 aliphatic rings. The Kier molecular flexibility index (Phi) is 7.95. The number of nitrogens with one attached hydrogen (secondary N) is 1. The van der Waals surface area contributed by atoms with Crippen LogP contribution in [0.15, 0.2) is 18.2 Å². The molecule has 2 unspecified atom stereocenters. The lowest BCUT2D eigenvalue weighted by atomic mass is 10.1. The van der Waals surface area contributed by atoms with Crippen molar-refractivity contribution in [3.63, 3.8) is 0 Å². The molecule has 1 aromatic rings. The quantitative estimate of drug-likeness (QED) is 0.387. The molecule has 0 saturated carbocycles. The van der Waals surface area contributed by atoms with Gasteiger partial charge in [-0.1, -0.05) is 20.8 Å². The van der Waals surface area contributed by atoms with Crippen molar-refractivity contribution in [1.29, 1.82) is 0 Å². The maximum atomic E-state index is 12.6.